The van der Waals surface area contributed by atoms with Crippen LogP contribution in [-0.2, 0) is 20.9 Å². The number of carbonyl (C=O) groups is 3. The number of hydrogen-bond acceptors (Lipinski definition) is 4. The third kappa shape index (κ3) is 4.30. The molecule has 3 rings (SSSR count). The molecule has 0 aromatic heterocycles. The van der Waals surface area contributed by atoms with Gasteiger partial charge in [0.1, 0.15) is 6.54 Å². The highest BCUT2D eigenvalue weighted by Crippen LogP contribution is 2.37. The Balaban J connectivity index is 1.41. The van der Waals surface area contributed by atoms with E-state index in [1.54, 1.807) is 0 Å². The zero-order valence-corrected chi connectivity index (χ0v) is 15.3. The fraction of sp³-hybridized carbons (Fsp3) is 0.550. The van der Waals surface area contributed by atoms with Gasteiger partial charge in [-0.05, 0) is 25.5 Å². The lowest BCUT2D eigenvalue weighted by Crippen LogP contribution is -2.42. The Bertz CT molecular complexity index is 638. The Kier molecular flexibility index (Phi) is 6.04. The van der Waals surface area contributed by atoms with Crippen LogP contribution in [0.3, 0.4) is 0 Å². The minimum Gasteiger partial charge on any atom is -0.353 e. The lowest BCUT2D eigenvalue weighted by atomic mass is 9.81. The summed E-state index contributed by atoms with van der Waals surface area (Å²) in [7, 11) is 2.00. The van der Waals surface area contributed by atoms with Crippen LogP contribution in [0.4, 0.5) is 0 Å². The van der Waals surface area contributed by atoms with Crippen LogP contribution in [-0.4, -0.2) is 54.2 Å². The van der Waals surface area contributed by atoms with Gasteiger partial charge in [-0.2, -0.15) is 0 Å². The highest BCUT2D eigenvalue weighted by Gasteiger charge is 2.48. The lowest BCUT2D eigenvalue weighted by Gasteiger charge is -2.19. The number of benzene rings is 1. The van der Waals surface area contributed by atoms with Crippen LogP contribution in [0, 0.1) is 11.8 Å². The summed E-state index contributed by atoms with van der Waals surface area (Å²) in [5, 5.41) is 2.82. The molecule has 1 aromatic rings. The van der Waals surface area contributed by atoms with Gasteiger partial charge in [0.25, 0.3) is 0 Å². The number of amides is 3. The minimum atomic E-state index is -0.265. The van der Waals surface area contributed by atoms with Gasteiger partial charge in [0, 0.05) is 19.6 Å². The molecule has 3 amide bonds. The van der Waals surface area contributed by atoms with Crippen LogP contribution >= 0.6 is 0 Å². The predicted octanol–water partition coefficient (Wildman–Crippen LogP) is 1.41. The monoisotopic (exact) mass is 357 g/mol. The molecule has 1 heterocycles. The third-order valence-corrected chi connectivity index (χ3v) is 5.35. The number of rotatable bonds is 7. The first kappa shape index (κ1) is 18.6. The first-order valence-electron chi connectivity index (χ1n) is 9.40. The van der Waals surface area contributed by atoms with Crippen LogP contribution in [0.2, 0.25) is 0 Å². The molecule has 6 nitrogen and oxygen atoms in total. The largest absolute Gasteiger partial charge is 0.353 e. The van der Waals surface area contributed by atoms with Gasteiger partial charge >= 0.3 is 0 Å². The maximum atomic E-state index is 12.4. The molecule has 2 fully saturated rings. The SMILES string of the molecule is CN(CCNC(=O)CN1C(=O)C2CCCCC2C1=O)Cc1ccccc1. The van der Waals surface area contributed by atoms with Crippen molar-refractivity contribution >= 4 is 17.7 Å². The van der Waals surface area contributed by atoms with Crippen LogP contribution in [0.1, 0.15) is 31.2 Å². The number of imide groups is 1. The van der Waals surface area contributed by atoms with Crippen molar-refractivity contribution in [2.75, 3.05) is 26.7 Å². The molecule has 0 spiro atoms. The van der Waals surface area contributed by atoms with E-state index < -0.39 is 0 Å². The number of nitrogens with zero attached hydrogens (tertiary/aromatic N) is 2. The summed E-state index contributed by atoms with van der Waals surface area (Å²) in [6, 6.07) is 10.1. The standard InChI is InChI=1S/C20H27N3O3/c1-22(13-15-7-3-2-4-8-15)12-11-21-18(24)14-23-19(25)16-9-5-6-10-17(16)20(23)26/h2-4,7-8,16-17H,5-6,9-14H2,1H3,(H,21,24). The van der Waals surface area contributed by atoms with Crippen molar-refractivity contribution in [2.24, 2.45) is 11.8 Å². The fourth-order valence-electron chi connectivity index (χ4n) is 3.95. The molecule has 0 bridgehead atoms. The summed E-state index contributed by atoms with van der Waals surface area (Å²) in [5.74, 6) is -0.965. The second-order valence-corrected chi connectivity index (χ2v) is 7.33. The molecule has 2 aliphatic rings. The molecular weight excluding hydrogens is 330 g/mol. The molecule has 0 radical (unpaired) electrons. The Morgan fingerprint density at radius 1 is 1.12 bits per heavy atom. The molecule has 26 heavy (non-hydrogen) atoms. The molecule has 1 aliphatic carbocycles. The van der Waals surface area contributed by atoms with Crippen LogP contribution in [0.5, 0.6) is 0 Å². The first-order chi connectivity index (χ1) is 12.6. The van der Waals surface area contributed by atoms with Crippen molar-refractivity contribution in [3.8, 4) is 0 Å². The summed E-state index contributed by atoms with van der Waals surface area (Å²) >= 11 is 0. The van der Waals surface area contributed by atoms with Crippen molar-refractivity contribution < 1.29 is 14.4 Å². The zero-order valence-electron chi connectivity index (χ0n) is 15.3. The van der Waals surface area contributed by atoms with E-state index in [2.05, 4.69) is 22.3 Å². The Hall–Kier alpha value is -2.21. The van der Waals surface area contributed by atoms with Crippen molar-refractivity contribution in [3.63, 3.8) is 0 Å². The maximum Gasteiger partial charge on any atom is 0.240 e. The Labute approximate surface area is 154 Å². The highest BCUT2D eigenvalue weighted by molar-refractivity contribution is 6.07. The molecule has 1 saturated heterocycles. The number of likely N-dealkylation sites (N-methyl/N-ethyl adjacent to an activating group) is 1. The van der Waals surface area contributed by atoms with E-state index in [4.69, 9.17) is 0 Å². The Morgan fingerprint density at radius 3 is 2.35 bits per heavy atom. The minimum absolute atomic E-state index is 0.146. The summed E-state index contributed by atoms with van der Waals surface area (Å²) in [4.78, 5) is 40.2. The molecule has 1 N–H and O–H groups in total. The summed E-state index contributed by atoms with van der Waals surface area (Å²) in [6.07, 6.45) is 3.54. The van der Waals surface area contributed by atoms with E-state index in [9.17, 15) is 14.4 Å². The normalized spacial score (nSPS) is 22.6. The van der Waals surface area contributed by atoms with E-state index >= 15 is 0 Å². The van der Waals surface area contributed by atoms with Gasteiger partial charge < -0.3 is 10.2 Å². The average Bonchev–Trinajstić information content (AvgIpc) is 2.88. The molecule has 6 heteroatoms. The van der Waals surface area contributed by atoms with E-state index in [-0.39, 0.29) is 36.1 Å². The van der Waals surface area contributed by atoms with Crippen LogP contribution < -0.4 is 5.32 Å². The number of nitrogens with one attached hydrogen (secondary N) is 1. The number of fused-ring (bicyclic) bond motifs is 1. The predicted molar refractivity (Wildman–Crippen MR) is 98.0 cm³/mol. The molecule has 1 aliphatic heterocycles. The van der Waals surface area contributed by atoms with Gasteiger partial charge in [0.2, 0.25) is 17.7 Å². The number of likely N-dealkylation sites (tertiary alicyclic amines) is 1. The molecule has 140 valence electrons. The second-order valence-electron chi connectivity index (χ2n) is 7.33. The first-order valence-corrected chi connectivity index (χ1v) is 9.40. The Morgan fingerprint density at radius 2 is 1.73 bits per heavy atom. The van der Waals surface area contributed by atoms with Gasteiger partial charge in [0.15, 0.2) is 0 Å². The summed E-state index contributed by atoms with van der Waals surface area (Å²) in [5.41, 5.74) is 1.22. The highest BCUT2D eigenvalue weighted by atomic mass is 16.2. The smallest absolute Gasteiger partial charge is 0.240 e. The zero-order chi connectivity index (χ0) is 18.5. The van der Waals surface area contributed by atoms with Gasteiger partial charge in [0.05, 0.1) is 11.8 Å². The topological polar surface area (TPSA) is 69.7 Å². The van der Waals surface area contributed by atoms with Gasteiger partial charge in [-0.3, -0.25) is 19.3 Å². The van der Waals surface area contributed by atoms with E-state index in [0.29, 0.717) is 13.1 Å². The molecule has 1 aromatic carbocycles. The van der Waals surface area contributed by atoms with E-state index in [1.165, 1.54) is 10.5 Å². The quantitative estimate of drug-likeness (QED) is 0.749. The van der Waals surface area contributed by atoms with Crippen molar-refractivity contribution in [1.29, 1.82) is 0 Å². The molecular formula is C20H27N3O3. The number of hydrogen-bond donors (Lipinski definition) is 1. The van der Waals surface area contributed by atoms with Crippen LogP contribution in [0.15, 0.2) is 30.3 Å². The van der Waals surface area contributed by atoms with Crippen LogP contribution in [0.25, 0.3) is 0 Å². The van der Waals surface area contributed by atoms with Gasteiger partial charge in [-0.15, -0.1) is 0 Å². The van der Waals surface area contributed by atoms with Gasteiger partial charge in [-0.25, -0.2) is 0 Å². The lowest BCUT2D eigenvalue weighted by molar-refractivity contribution is -0.143. The number of carbonyl (C=O) groups excluding carboxylic acids is 3. The maximum absolute atomic E-state index is 12.4. The van der Waals surface area contributed by atoms with E-state index in [1.807, 2.05) is 25.2 Å². The van der Waals surface area contributed by atoms with Crippen molar-refractivity contribution in [2.45, 2.75) is 32.2 Å². The third-order valence-electron chi connectivity index (χ3n) is 5.35. The average molecular weight is 357 g/mol. The summed E-state index contributed by atoms with van der Waals surface area (Å²) in [6.45, 7) is 1.86. The van der Waals surface area contributed by atoms with E-state index in [0.717, 1.165) is 32.2 Å². The molecule has 1 saturated carbocycles. The van der Waals surface area contributed by atoms with Crippen molar-refractivity contribution in [3.05, 3.63) is 35.9 Å². The second kappa shape index (κ2) is 8.45. The van der Waals surface area contributed by atoms with Crippen molar-refractivity contribution in [1.82, 2.24) is 15.1 Å². The molecule has 2 atom stereocenters. The fourth-order valence-corrected chi connectivity index (χ4v) is 3.95. The summed E-state index contributed by atoms with van der Waals surface area (Å²) < 4.78 is 0. The van der Waals surface area contributed by atoms with Gasteiger partial charge in [-0.1, -0.05) is 43.2 Å². The molecule has 2 unspecified atom stereocenters.